The van der Waals surface area contributed by atoms with Gasteiger partial charge in [0.1, 0.15) is 5.54 Å². The summed E-state index contributed by atoms with van der Waals surface area (Å²) in [5.41, 5.74) is 4.95. The zero-order valence-corrected chi connectivity index (χ0v) is 10.6. The topological polar surface area (TPSA) is 85.1 Å². The van der Waals surface area contributed by atoms with Gasteiger partial charge in [-0.3, -0.25) is 14.6 Å². The number of rotatable bonds is 3. The molecule has 0 radical (unpaired) electrons. The van der Waals surface area contributed by atoms with Crippen LogP contribution in [0.15, 0.2) is 12.3 Å². The minimum Gasteiger partial charge on any atom is -0.368 e. The van der Waals surface area contributed by atoms with Crippen LogP contribution >= 0.6 is 11.6 Å². The van der Waals surface area contributed by atoms with Gasteiger partial charge in [-0.2, -0.15) is 0 Å². The number of carbonyl (C=O) groups is 2. The molecule has 5 nitrogen and oxygen atoms in total. The van der Waals surface area contributed by atoms with Crippen molar-refractivity contribution in [2.75, 3.05) is 0 Å². The zero-order valence-electron chi connectivity index (χ0n) is 9.87. The molecule has 0 spiro atoms. The van der Waals surface area contributed by atoms with E-state index in [2.05, 4.69) is 10.3 Å². The van der Waals surface area contributed by atoms with Gasteiger partial charge in [0.15, 0.2) is 0 Å². The van der Waals surface area contributed by atoms with Crippen molar-refractivity contribution in [2.24, 2.45) is 5.73 Å². The summed E-state index contributed by atoms with van der Waals surface area (Å²) in [4.78, 5) is 26.9. The van der Waals surface area contributed by atoms with Crippen molar-refractivity contribution < 1.29 is 9.59 Å². The van der Waals surface area contributed by atoms with Gasteiger partial charge in [-0.05, 0) is 26.8 Å². The van der Waals surface area contributed by atoms with Crippen molar-refractivity contribution in [3.63, 3.8) is 0 Å². The highest BCUT2D eigenvalue weighted by molar-refractivity contribution is 6.33. The fourth-order valence-electron chi connectivity index (χ4n) is 1.11. The van der Waals surface area contributed by atoms with E-state index in [1.54, 1.807) is 13.0 Å². The molecular weight excluding hydrogens is 242 g/mol. The minimum absolute atomic E-state index is 0.214. The molecule has 0 fully saturated rings. The summed E-state index contributed by atoms with van der Waals surface area (Å²) in [5, 5.41) is 2.78. The van der Waals surface area contributed by atoms with Gasteiger partial charge in [0, 0.05) is 11.9 Å². The zero-order chi connectivity index (χ0) is 13.2. The van der Waals surface area contributed by atoms with Crippen LogP contribution in [0, 0.1) is 6.92 Å². The number of aryl methyl sites for hydroxylation is 1. The SMILES string of the molecule is Cc1cc(Cl)c(C(=O)NC(C)(C)C(N)=O)cn1. The van der Waals surface area contributed by atoms with Gasteiger partial charge in [-0.15, -0.1) is 0 Å². The third-order valence-corrected chi connectivity index (χ3v) is 2.59. The number of amides is 2. The van der Waals surface area contributed by atoms with Crippen molar-refractivity contribution in [3.8, 4) is 0 Å². The lowest BCUT2D eigenvalue weighted by Gasteiger charge is -2.22. The first-order valence-corrected chi connectivity index (χ1v) is 5.36. The second kappa shape index (κ2) is 4.71. The molecule has 0 aliphatic heterocycles. The van der Waals surface area contributed by atoms with Crippen LogP contribution in [0.2, 0.25) is 5.02 Å². The lowest BCUT2D eigenvalue weighted by Crippen LogP contribution is -2.53. The number of hydrogen-bond donors (Lipinski definition) is 2. The number of nitrogens with zero attached hydrogens (tertiary/aromatic N) is 1. The molecule has 0 aliphatic carbocycles. The molecule has 0 aromatic carbocycles. The molecule has 2 amide bonds. The van der Waals surface area contributed by atoms with Gasteiger partial charge in [0.2, 0.25) is 5.91 Å². The van der Waals surface area contributed by atoms with Gasteiger partial charge >= 0.3 is 0 Å². The van der Waals surface area contributed by atoms with Crippen molar-refractivity contribution in [2.45, 2.75) is 26.3 Å². The third-order valence-electron chi connectivity index (χ3n) is 2.28. The van der Waals surface area contributed by atoms with Crippen molar-refractivity contribution in [1.82, 2.24) is 10.3 Å². The highest BCUT2D eigenvalue weighted by atomic mass is 35.5. The fraction of sp³-hybridized carbons (Fsp3) is 0.364. The van der Waals surface area contributed by atoms with Gasteiger partial charge in [0.05, 0.1) is 10.6 Å². The number of pyridine rings is 1. The first kappa shape index (κ1) is 13.4. The summed E-state index contributed by atoms with van der Waals surface area (Å²) in [7, 11) is 0. The summed E-state index contributed by atoms with van der Waals surface area (Å²) >= 11 is 5.92. The van der Waals surface area contributed by atoms with E-state index in [9.17, 15) is 9.59 Å². The Kier molecular flexibility index (Phi) is 3.72. The minimum atomic E-state index is -1.13. The lowest BCUT2D eigenvalue weighted by atomic mass is 10.0. The maximum absolute atomic E-state index is 11.9. The number of nitrogens with one attached hydrogen (secondary N) is 1. The molecule has 0 unspecified atom stereocenters. The lowest BCUT2D eigenvalue weighted by molar-refractivity contribution is -0.122. The molecule has 17 heavy (non-hydrogen) atoms. The first-order chi connectivity index (χ1) is 7.74. The average molecular weight is 256 g/mol. The fourth-order valence-corrected chi connectivity index (χ4v) is 1.40. The predicted octanol–water partition coefficient (Wildman–Crippen LogP) is 1.04. The number of hydrogen-bond acceptors (Lipinski definition) is 3. The van der Waals surface area contributed by atoms with E-state index in [1.165, 1.54) is 20.0 Å². The van der Waals surface area contributed by atoms with Crippen LogP contribution in [-0.4, -0.2) is 22.3 Å². The number of aromatic nitrogens is 1. The van der Waals surface area contributed by atoms with Gasteiger partial charge in [-0.25, -0.2) is 0 Å². The molecule has 1 aromatic rings. The highest BCUT2D eigenvalue weighted by Gasteiger charge is 2.28. The van der Waals surface area contributed by atoms with Crippen LogP contribution < -0.4 is 11.1 Å². The molecular formula is C11H14ClN3O2. The van der Waals surface area contributed by atoms with Crippen molar-refractivity contribution >= 4 is 23.4 Å². The van der Waals surface area contributed by atoms with E-state index in [1.807, 2.05) is 0 Å². The Balaban J connectivity index is 2.95. The summed E-state index contributed by atoms with van der Waals surface area (Å²) in [6, 6.07) is 1.58. The van der Waals surface area contributed by atoms with E-state index < -0.39 is 17.4 Å². The molecule has 92 valence electrons. The van der Waals surface area contributed by atoms with Gasteiger partial charge in [0.25, 0.3) is 5.91 Å². The van der Waals surface area contributed by atoms with Crippen LogP contribution in [0.1, 0.15) is 29.9 Å². The highest BCUT2D eigenvalue weighted by Crippen LogP contribution is 2.16. The average Bonchev–Trinajstić information content (AvgIpc) is 2.15. The van der Waals surface area contributed by atoms with Crippen LogP contribution in [0.4, 0.5) is 0 Å². The van der Waals surface area contributed by atoms with Gasteiger partial charge in [-0.1, -0.05) is 11.6 Å². The Morgan fingerprint density at radius 3 is 2.53 bits per heavy atom. The summed E-state index contributed by atoms with van der Waals surface area (Å²) in [5.74, 6) is -1.10. The maximum Gasteiger partial charge on any atom is 0.255 e. The van der Waals surface area contributed by atoms with E-state index in [0.29, 0.717) is 5.69 Å². The Morgan fingerprint density at radius 2 is 2.06 bits per heavy atom. The number of nitrogens with two attached hydrogens (primary N) is 1. The van der Waals surface area contributed by atoms with Crippen molar-refractivity contribution in [3.05, 3.63) is 28.5 Å². The van der Waals surface area contributed by atoms with E-state index in [-0.39, 0.29) is 10.6 Å². The Hall–Kier alpha value is -1.62. The molecule has 0 bridgehead atoms. The quantitative estimate of drug-likeness (QED) is 0.846. The smallest absolute Gasteiger partial charge is 0.255 e. The van der Waals surface area contributed by atoms with Crippen LogP contribution in [-0.2, 0) is 4.79 Å². The molecule has 0 saturated heterocycles. The Labute approximate surface area is 104 Å². The second-order valence-electron chi connectivity index (χ2n) is 4.25. The third kappa shape index (κ3) is 3.17. The summed E-state index contributed by atoms with van der Waals surface area (Å²) < 4.78 is 0. The summed E-state index contributed by atoms with van der Waals surface area (Å²) in [6.07, 6.45) is 1.37. The second-order valence-corrected chi connectivity index (χ2v) is 4.66. The predicted molar refractivity (Wildman–Crippen MR) is 64.7 cm³/mol. The Morgan fingerprint density at radius 1 is 1.47 bits per heavy atom. The number of halogens is 1. The standard InChI is InChI=1S/C11H14ClN3O2/c1-6-4-8(12)7(5-14-6)9(16)15-11(2,3)10(13)17/h4-5H,1-3H3,(H2,13,17)(H,15,16). The molecule has 0 saturated carbocycles. The van der Waals surface area contributed by atoms with Crippen LogP contribution in [0.3, 0.4) is 0 Å². The number of primary amides is 1. The molecule has 3 N–H and O–H groups in total. The maximum atomic E-state index is 11.9. The monoisotopic (exact) mass is 255 g/mol. The molecule has 0 atom stereocenters. The summed E-state index contributed by atoms with van der Waals surface area (Å²) in [6.45, 7) is 4.80. The van der Waals surface area contributed by atoms with E-state index in [0.717, 1.165) is 0 Å². The first-order valence-electron chi connectivity index (χ1n) is 4.98. The van der Waals surface area contributed by atoms with E-state index in [4.69, 9.17) is 17.3 Å². The van der Waals surface area contributed by atoms with Crippen LogP contribution in [0.5, 0.6) is 0 Å². The Bertz CT molecular complexity index is 472. The number of carbonyl (C=O) groups excluding carboxylic acids is 2. The molecule has 0 aliphatic rings. The van der Waals surface area contributed by atoms with Crippen molar-refractivity contribution in [1.29, 1.82) is 0 Å². The molecule has 6 heteroatoms. The normalized spacial score (nSPS) is 11.1. The molecule has 1 rings (SSSR count). The molecule has 1 aromatic heterocycles. The van der Waals surface area contributed by atoms with Crippen LogP contribution in [0.25, 0.3) is 0 Å². The van der Waals surface area contributed by atoms with Gasteiger partial charge < -0.3 is 11.1 Å². The van der Waals surface area contributed by atoms with E-state index >= 15 is 0 Å². The molecule has 1 heterocycles. The largest absolute Gasteiger partial charge is 0.368 e.